The summed E-state index contributed by atoms with van der Waals surface area (Å²) in [6.45, 7) is 6.10. The lowest BCUT2D eigenvalue weighted by Crippen LogP contribution is -2.03. The number of hydrogen-bond acceptors (Lipinski definition) is 6. The maximum absolute atomic E-state index is 6.48. The summed E-state index contributed by atoms with van der Waals surface area (Å²) in [6.07, 6.45) is 5.58. The van der Waals surface area contributed by atoms with E-state index in [1.54, 1.807) is 6.20 Å². The van der Waals surface area contributed by atoms with E-state index in [0.29, 0.717) is 33.5 Å². The van der Waals surface area contributed by atoms with Gasteiger partial charge in [-0.3, -0.25) is 9.67 Å². The van der Waals surface area contributed by atoms with Crippen molar-refractivity contribution in [1.82, 2.24) is 24.9 Å². The van der Waals surface area contributed by atoms with Crippen molar-refractivity contribution >= 4 is 28.3 Å². The van der Waals surface area contributed by atoms with Crippen LogP contribution in [0.5, 0.6) is 0 Å². The minimum atomic E-state index is 0.0845. The molecule has 148 valence electrons. The van der Waals surface area contributed by atoms with Gasteiger partial charge in [0.2, 0.25) is 0 Å². The topological polar surface area (TPSA) is 95.7 Å². The van der Waals surface area contributed by atoms with E-state index >= 15 is 0 Å². The fraction of sp³-hybridized carbons (Fsp3) is 0.333. The van der Waals surface area contributed by atoms with Gasteiger partial charge in [-0.25, -0.2) is 4.98 Å². The Morgan fingerprint density at radius 3 is 2.62 bits per heavy atom. The molecule has 5 rings (SSSR count). The van der Waals surface area contributed by atoms with Crippen LogP contribution >= 0.6 is 11.6 Å². The van der Waals surface area contributed by atoms with Gasteiger partial charge in [0, 0.05) is 18.2 Å². The minimum Gasteiger partial charge on any atom is -0.383 e. The third-order valence-corrected chi connectivity index (χ3v) is 5.53. The van der Waals surface area contributed by atoms with E-state index in [4.69, 9.17) is 27.0 Å². The Hall–Kier alpha value is -2.93. The van der Waals surface area contributed by atoms with Crippen molar-refractivity contribution in [3.8, 4) is 22.6 Å². The van der Waals surface area contributed by atoms with Gasteiger partial charge in [-0.15, -0.1) is 0 Å². The first-order valence-corrected chi connectivity index (χ1v) is 10.1. The van der Waals surface area contributed by atoms with Gasteiger partial charge in [0.05, 0.1) is 33.4 Å². The Labute approximate surface area is 172 Å². The molecule has 4 heterocycles. The quantitative estimate of drug-likeness (QED) is 0.501. The van der Waals surface area contributed by atoms with Gasteiger partial charge in [-0.1, -0.05) is 22.8 Å². The average molecular weight is 409 g/mol. The molecule has 0 unspecified atom stereocenters. The largest absolute Gasteiger partial charge is 0.383 e. The first-order valence-electron chi connectivity index (χ1n) is 9.70. The number of rotatable bonds is 4. The van der Waals surface area contributed by atoms with Crippen LogP contribution in [0.25, 0.3) is 33.5 Å². The standard InChI is InChI=1S/C21H21ClN6O/c1-10(2)28-19-13(22)9-25-21(23)16(19)17(26-28)18-15(14-7-4-11(3)8-24-14)20(29-27-18)12-5-6-12/h4,7-10,12H,5-6H2,1-3H3,(H2,23,25). The first-order chi connectivity index (χ1) is 14.0. The predicted octanol–water partition coefficient (Wildman–Crippen LogP) is 5.15. The van der Waals surface area contributed by atoms with Crippen LogP contribution in [-0.4, -0.2) is 24.9 Å². The molecule has 1 aliphatic carbocycles. The van der Waals surface area contributed by atoms with Gasteiger partial charge in [0.1, 0.15) is 23.0 Å². The fourth-order valence-electron chi connectivity index (χ4n) is 3.65. The molecule has 0 aliphatic heterocycles. The van der Waals surface area contributed by atoms with Crippen molar-refractivity contribution in [2.45, 2.75) is 45.6 Å². The van der Waals surface area contributed by atoms with Crippen molar-refractivity contribution in [3.05, 3.63) is 40.9 Å². The normalized spacial score (nSPS) is 14.2. The summed E-state index contributed by atoms with van der Waals surface area (Å²) in [5.41, 5.74) is 11.1. The number of fused-ring (bicyclic) bond motifs is 1. The summed E-state index contributed by atoms with van der Waals surface area (Å²) in [4.78, 5) is 8.88. The maximum atomic E-state index is 6.48. The third kappa shape index (κ3) is 2.88. The van der Waals surface area contributed by atoms with Gasteiger partial charge in [0.25, 0.3) is 0 Å². The molecule has 0 amide bonds. The number of aromatic nitrogens is 5. The SMILES string of the molecule is Cc1ccc(-c2c(-c3nn(C(C)C)c4c(Cl)cnc(N)c34)noc2C2CC2)nc1. The molecule has 7 nitrogen and oxygen atoms in total. The highest BCUT2D eigenvalue weighted by Crippen LogP contribution is 2.48. The number of nitrogens with two attached hydrogens (primary N) is 1. The molecule has 1 saturated carbocycles. The highest BCUT2D eigenvalue weighted by molar-refractivity contribution is 6.35. The minimum absolute atomic E-state index is 0.0845. The molecule has 0 aromatic carbocycles. The molecule has 0 radical (unpaired) electrons. The number of nitrogen functional groups attached to an aromatic ring is 1. The van der Waals surface area contributed by atoms with Crippen LogP contribution in [0.1, 0.15) is 50.0 Å². The number of anilines is 1. The van der Waals surface area contributed by atoms with Crippen molar-refractivity contribution in [3.63, 3.8) is 0 Å². The van der Waals surface area contributed by atoms with Gasteiger partial charge in [-0.05, 0) is 45.2 Å². The van der Waals surface area contributed by atoms with Gasteiger partial charge >= 0.3 is 0 Å². The van der Waals surface area contributed by atoms with Crippen molar-refractivity contribution in [2.75, 3.05) is 5.73 Å². The summed E-state index contributed by atoms with van der Waals surface area (Å²) in [6, 6.07) is 4.11. The molecule has 4 aromatic rings. The van der Waals surface area contributed by atoms with Gasteiger partial charge in [0.15, 0.2) is 0 Å². The Bertz CT molecular complexity index is 1220. The number of halogens is 1. The number of hydrogen-bond donors (Lipinski definition) is 1. The molecular weight excluding hydrogens is 388 g/mol. The molecule has 4 aromatic heterocycles. The molecule has 0 atom stereocenters. The van der Waals surface area contributed by atoms with E-state index in [9.17, 15) is 0 Å². The van der Waals surface area contributed by atoms with Crippen LogP contribution in [0, 0.1) is 6.92 Å². The maximum Gasteiger partial charge on any atom is 0.149 e. The first kappa shape index (κ1) is 18.1. The second kappa shape index (κ2) is 6.56. The van der Waals surface area contributed by atoms with E-state index < -0.39 is 0 Å². The van der Waals surface area contributed by atoms with Crippen LogP contribution < -0.4 is 5.73 Å². The summed E-state index contributed by atoms with van der Waals surface area (Å²) >= 11 is 6.48. The molecule has 29 heavy (non-hydrogen) atoms. The smallest absolute Gasteiger partial charge is 0.149 e. The molecular formula is C21H21ClN6O. The van der Waals surface area contributed by atoms with E-state index in [-0.39, 0.29) is 6.04 Å². The molecule has 0 bridgehead atoms. The molecule has 8 heteroatoms. The average Bonchev–Trinajstić information content (AvgIpc) is 3.31. The summed E-state index contributed by atoms with van der Waals surface area (Å²) in [7, 11) is 0. The molecule has 1 aliphatic rings. The van der Waals surface area contributed by atoms with E-state index in [1.165, 1.54) is 0 Å². The number of aryl methyl sites for hydroxylation is 1. The molecule has 0 spiro atoms. The van der Waals surface area contributed by atoms with Crippen LogP contribution in [0.15, 0.2) is 29.0 Å². The van der Waals surface area contributed by atoms with E-state index in [0.717, 1.165) is 40.9 Å². The van der Waals surface area contributed by atoms with Crippen LogP contribution in [0.2, 0.25) is 5.02 Å². The van der Waals surface area contributed by atoms with Crippen molar-refractivity contribution in [1.29, 1.82) is 0 Å². The highest BCUT2D eigenvalue weighted by Gasteiger charge is 2.35. The zero-order valence-corrected chi connectivity index (χ0v) is 17.2. The molecule has 1 fully saturated rings. The second-order valence-electron chi connectivity index (χ2n) is 7.87. The lowest BCUT2D eigenvalue weighted by molar-refractivity contribution is 0.386. The van der Waals surface area contributed by atoms with E-state index in [1.807, 2.05) is 43.8 Å². The summed E-state index contributed by atoms with van der Waals surface area (Å²) in [5.74, 6) is 1.59. The fourth-order valence-corrected chi connectivity index (χ4v) is 3.88. The number of nitrogens with zero attached hydrogens (tertiary/aromatic N) is 5. The van der Waals surface area contributed by atoms with Gasteiger partial charge in [-0.2, -0.15) is 5.10 Å². The lowest BCUT2D eigenvalue weighted by Gasteiger charge is -2.07. The van der Waals surface area contributed by atoms with Crippen LogP contribution in [0.3, 0.4) is 0 Å². The predicted molar refractivity (Wildman–Crippen MR) is 113 cm³/mol. The highest BCUT2D eigenvalue weighted by atomic mass is 35.5. The third-order valence-electron chi connectivity index (χ3n) is 5.26. The monoisotopic (exact) mass is 408 g/mol. The Morgan fingerprint density at radius 1 is 1.17 bits per heavy atom. The zero-order valence-electron chi connectivity index (χ0n) is 16.5. The van der Waals surface area contributed by atoms with Gasteiger partial charge < -0.3 is 10.3 Å². The van der Waals surface area contributed by atoms with Crippen LogP contribution in [-0.2, 0) is 0 Å². The molecule has 0 saturated heterocycles. The van der Waals surface area contributed by atoms with Crippen molar-refractivity contribution < 1.29 is 4.52 Å². The van der Waals surface area contributed by atoms with Crippen molar-refractivity contribution in [2.24, 2.45) is 0 Å². The second-order valence-corrected chi connectivity index (χ2v) is 8.27. The number of pyridine rings is 2. The summed E-state index contributed by atoms with van der Waals surface area (Å²) in [5, 5.41) is 10.5. The van der Waals surface area contributed by atoms with Crippen LogP contribution in [0.4, 0.5) is 5.82 Å². The Kier molecular flexibility index (Phi) is 4.10. The Balaban J connectivity index is 1.83. The Morgan fingerprint density at radius 2 is 1.97 bits per heavy atom. The molecule has 2 N–H and O–H groups in total. The summed E-state index contributed by atoms with van der Waals surface area (Å²) < 4.78 is 7.68. The zero-order chi connectivity index (χ0) is 20.3. The van der Waals surface area contributed by atoms with E-state index in [2.05, 4.69) is 15.1 Å². The lowest BCUT2D eigenvalue weighted by atomic mass is 10.0.